The summed E-state index contributed by atoms with van der Waals surface area (Å²) in [6, 6.07) is 4.84. The maximum absolute atomic E-state index is 12.0. The van der Waals surface area contributed by atoms with E-state index in [0.29, 0.717) is 0 Å². The second-order valence-corrected chi connectivity index (χ2v) is 4.11. The number of aliphatic hydroxyl groups is 3. The van der Waals surface area contributed by atoms with E-state index in [1.54, 1.807) is 0 Å². The molecule has 0 spiro atoms. The van der Waals surface area contributed by atoms with Gasteiger partial charge in [0.15, 0.2) is 0 Å². The molecule has 0 bridgehead atoms. The van der Waals surface area contributed by atoms with E-state index in [2.05, 4.69) is 10.1 Å². The van der Waals surface area contributed by atoms with Crippen molar-refractivity contribution >= 4 is 5.91 Å². The SMILES string of the molecule is O=C(NC(CO)(CO)CO)c1ccc(OC(F)F)cc1. The van der Waals surface area contributed by atoms with Gasteiger partial charge in [0.05, 0.1) is 19.8 Å². The molecule has 1 rings (SSSR count). The maximum Gasteiger partial charge on any atom is 0.387 e. The number of ether oxygens (including phenoxy) is 1. The molecule has 0 saturated carbocycles. The summed E-state index contributed by atoms with van der Waals surface area (Å²) >= 11 is 0. The Morgan fingerprint density at radius 3 is 2.05 bits per heavy atom. The standard InChI is InChI=1S/C12H15F2NO5/c13-11(14)20-9-3-1-8(2-4-9)10(19)15-12(5-16,6-17)7-18/h1-4,11,16-18H,5-7H2,(H,15,19). The van der Waals surface area contributed by atoms with Crippen LogP contribution in [0.5, 0.6) is 5.75 Å². The summed E-state index contributed by atoms with van der Waals surface area (Å²) in [7, 11) is 0. The number of hydrogen-bond donors (Lipinski definition) is 4. The van der Waals surface area contributed by atoms with Crippen LogP contribution in [0.25, 0.3) is 0 Å². The van der Waals surface area contributed by atoms with E-state index in [-0.39, 0.29) is 11.3 Å². The van der Waals surface area contributed by atoms with Crippen LogP contribution < -0.4 is 10.1 Å². The molecule has 0 fully saturated rings. The lowest BCUT2D eigenvalue weighted by Gasteiger charge is -2.28. The Morgan fingerprint density at radius 2 is 1.65 bits per heavy atom. The van der Waals surface area contributed by atoms with Crippen LogP contribution in [0.3, 0.4) is 0 Å². The summed E-state index contributed by atoms with van der Waals surface area (Å²) in [5.74, 6) is -0.778. The predicted octanol–water partition coefficient (Wildman–Crippen LogP) is -0.267. The van der Waals surface area contributed by atoms with Crippen molar-refractivity contribution in [2.75, 3.05) is 19.8 Å². The molecule has 0 aliphatic carbocycles. The van der Waals surface area contributed by atoms with E-state index in [4.69, 9.17) is 15.3 Å². The summed E-state index contributed by atoms with van der Waals surface area (Å²) in [4.78, 5) is 11.8. The molecular formula is C12H15F2NO5. The normalized spacial score (nSPS) is 11.5. The van der Waals surface area contributed by atoms with Gasteiger partial charge >= 0.3 is 6.61 Å². The zero-order valence-corrected chi connectivity index (χ0v) is 10.4. The fraction of sp³-hybridized carbons (Fsp3) is 0.417. The van der Waals surface area contributed by atoms with Gasteiger partial charge in [0.25, 0.3) is 5.91 Å². The van der Waals surface area contributed by atoms with Gasteiger partial charge in [-0.3, -0.25) is 4.79 Å². The molecule has 8 heteroatoms. The van der Waals surface area contributed by atoms with E-state index < -0.39 is 37.9 Å². The summed E-state index contributed by atoms with van der Waals surface area (Å²) in [6.07, 6.45) is 0. The van der Waals surface area contributed by atoms with Crippen molar-refractivity contribution in [2.24, 2.45) is 0 Å². The molecule has 1 aromatic rings. The zero-order valence-electron chi connectivity index (χ0n) is 10.4. The van der Waals surface area contributed by atoms with Crippen LogP contribution >= 0.6 is 0 Å². The average Bonchev–Trinajstić information content (AvgIpc) is 2.45. The number of carbonyl (C=O) groups is 1. The highest BCUT2D eigenvalue weighted by Gasteiger charge is 2.30. The number of amides is 1. The minimum atomic E-state index is -2.96. The predicted molar refractivity (Wildman–Crippen MR) is 64.5 cm³/mol. The van der Waals surface area contributed by atoms with Gasteiger partial charge in [0, 0.05) is 5.56 Å². The average molecular weight is 291 g/mol. The number of alkyl halides is 2. The van der Waals surface area contributed by atoms with Gasteiger partial charge in [0.1, 0.15) is 11.3 Å². The van der Waals surface area contributed by atoms with Crippen molar-refractivity contribution < 1.29 is 33.6 Å². The Labute approximate surface area is 113 Å². The van der Waals surface area contributed by atoms with Crippen molar-refractivity contribution in [1.82, 2.24) is 5.32 Å². The largest absolute Gasteiger partial charge is 0.435 e. The Bertz CT molecular complexity index is 426. The lowest BCUT2D eigenvalue weighted by atomic mass is 10.0. The number of carbonyl (C=O) groups excluding carboxylic acids is 1. The highest BCUT2D eigenvalue weighted by Crippen LogP contribution is 2.15. The van der Waals surface area contributed by atoms with Gasteiger partial charge in [-0.1, -0.05) is 0 Å². The minimum Gasteiger partial charge on any atom is -0.435 e. The number of hydrogen-bond acceptors (Lipinski definition) is 5. The topological polar surface area (TPSA) is 99.0 Å². The van der Waals surface area contributed by atoms with Crippen molar-refractivity contribution in [2.45, 2.75) is 12.2 Å². The summed E-state index contributed by atoms with van der Waals surface area (Å²) in [5.41, 5.74) is -1.44. The van der Waals surface area contributed by atoms with Gasteiger partial charge in [0.2, 0.25) is 0 Å². The summed E-state index contributed by atoms with van der Waals surface area (Å²) < 4.78 is 28.0. The highest BCUT2D eigenvalue weighted by molar-refractivity contribution is 5.94. The van der Waals surface area contributed by atoms with Crippen LogP contribution in [0, 0.1) is 0 Å². The molecular weight excluding hydrogens is 276 g/mol. The van der Waals surface area contributed by atoms with Crippen LogP contribution in [0.2, 0.25) is 0 Å². The van der Waals surface area contributed by atoms with Crippen molar-refractivity contribution in [1.29, 1.82) is 0 Å². The molecule has 0 unspecified atom stereocenters. The van der Waals surface area contributed by atoms with Gasteiger partial charge in [-0.25, -0.2) is 0 Å². The highest BCUT2D eigenvalue weighted by atomic mass is 19.3. The molecule has 0 aliphatic rings. The van der Waals surface area contributed by atoms with Crippen LogP contribution in [-0.2, 0) is 0 Å². The Balaban J connectivity index is 2.77. The molecule has 112 valence electrons. The monoisotopic (exact) mass is 291 g/mol. The molecule has 20 heavy (non-hydrogen) atoms. The van der Waals surface area contributed by atoms with Crippen LogP contribution in [0.4, 0.5) is 8.78 Å². The van der Waals surface area contributed by atoms with E-state index in [1.807, 2.05) is 0 Å². The van der Waals surface area contributed by atoms with E-state index in [1.165, 1.54) is 24.3 Å². The number of nitrogens with one attached hydrogen (secondary N) is 1. The number of benzene rings is 1. The second-order valence-electron chi connectivity index (χ2n) is 4.11. The lowest BCUT2D eigenvalue weighted by Crippen LogP contribution is -2.57. The van der Waals surface area contributed by atoms with Crippen LogP contribution in [0.15, 0.2) is 24.3 Å². The molecule has 0 radical (unpaired) electrons. The molecule has 0 atom stereocenters. The maximum atomic E-state index is 12.0. The molecule has 1 aromatic carbocycles. The molecule has 0 saturated heterocycles. The lowest BCUT2D eigenvalue weighted by molar-refractivity contribution is -0.0498. The minimum absolute atomic E-state index is 0.103. The smallest absolute Gasteiger partial charge is 0.387 e. The first kappa shape index (κ1) is 16.3. The molecule has 0 aromatic heterocycles. The quantitative estimate of drug-likeness (QED) is 0.554. The van der Waals surface area contributed by atoms with Crippen LogP contribution in [0.1, 0.15) is 10.4 Å². The molecule has 6 nitrogen and oxygen atoms in total. The van der Waals surface area contributed by atoms with Crippen molar-refractivity contribution in [3.8, 4) is 5.75 Å². The van der Waals surface area contributed by atoms with Gasteiger partial charge in [-0.2, -0.15) is 8.78 Å². The van der Waals surface area contributed by atoms with Crippen LogP contribution in [-0.4, -0.2) is 53.2 Å². The van der Waals surface area contributed by atoms with Gasteiger partial charge < -0.3 is 25.4 Å². The Morgan fingerprint density at radius 1 is 1.15 bits per heavy atom. The first-order valence-corrected chi connectivity index (χ1v) is 5.66. The van der Waals surface area contributed by atoms with Crippen molar-refractivity contribution in [3.05, 3.63) is 29.8 Å². The third kappa shape index (κ3) is 4.12. The third-order valence-electron chi connectivity index (χ3n) is 2.63. The third-order valence-corrected chi connectivity index (χ3v) is 2.63. The van der Waals surface area contributed by atoms with E-state index in [0.717, 1.165) is 0 Å². The molecule has 1 amide bonds. The fourth-order valence-corrected chi connectivity index (χ4v) is 1.37. The fourth-order valence-electron chi connectivity index (χ4n) is 1.37. The molecule has 0 heterocycles. The summed E-state index contributed by atoms with van der Waals surface area (Å²) in [5, 5.41) is 29.5. The Kier molecular flexibility index (Phi) is 5.81. The van der Waals surface area contributed by atoms with Gasteiger partial charge in [-0.05, 0) is 24.3 Å². The van der Waals surface area contributed by atoms with Crippen molar-refractivity contribution in [3.63, 3.8) is 0 Å². The van der Waals surface area contributed by atoms with E-state index >= 15 is 0 Å². The Hall–Kier alpha value is -1.77. The van der Waals surface area contributed by atoms with E-state index in [9.17, 15) is 13.6 Å². The number of halogens is 2. The van der Waals surface area contributed by atoms with Gasteiger partial charge in [-0.15, -0.1) is 0 Å². The first-order chi connectivity index (χ1) is 9.46. The molecule has 4 N–H and O–H groups in total. The summed E-state index contributed by atoms with van der Waals surface area (Å²) in [6.45, 7) is -4.92. The molecule has 0 aliphatic heterocycles. The zero-order chi connectivity index (χ0) is 15.2. The number of rotatable bonds is 7. The number of aliphatic hydroxyl groups excluding tert-OH is 3. The first-order valence-electron chi connectivity index (χ1n) is 5.66. The second kappa shape index (κ2) is 7.13.